The maximum absolute atomic E-state index is 3.62. The molecule has 0 amide bonds. The highest BCUT2D eigenvalue weighted by molar-refractivity contribution is 9.10. The van der Waals surface area contributed by atoms with E-state index in [0.29, 0.717) is 0 Å². The molecule has 0 aliphatic heterocycles. The first kappa shape index (κ1) is 18.7. The van der Waals surface area contributed by atoms with E-state index in [2.05, 4.69) is 104 Å². The lowest BCUT2D eigenvalue weighted by molar-refractivity contribution is 1.53. The average molecular weight is 488 g/mol. The first-order valence-electron chi connectivity index (χ1n) is 8.93. The maximum atomic E-state index is 3.62. The van der Waals surface area contributed by atoms with Crippen molar-refractivity contribution in [1.29, 1.82) is 0 Å². The molecule has 0 saturated carbocycles. The van der Waals surface area contributed by atoms with Crippen LogP contribution in [0.5, 0.6) is 0 Å². The van der Waals surface area contributed by atoms with E-state index in [1.165, 1.54) is 16.7 Å². The van der Waals surface area contributed by atoms with Gasteiger partial charge in [-0.2, -0.15) is 0 Å². The second-order valence-electron chi connectivity index (χ2n) is 6.36. The molecule has 4 aromatic rings. The Labute approximate surface area is 182 Å². The van der Waals surface area contributed by atoms with Crippen molar-refractivity contribution in [3.8, 4) is 34.1 Å². The topological polar surface area (TPSA) is 0 Å². The Kier molecular flexibility index (Phi) is 5.76. The van der Waals surface area contributed by atoms with Crippen molar-refractivity contribution >= 4 is 31.9 Å². The zero-order valence-corrected chi connectivity index (χ0v) is 18.2. The smallest absolute Gasteiger partial charge is 0.0338 e. The Hall–Kier alpha value is -2.60. The highest BCUT2D eigenvalue weighted by Crippen LogP contribution is 2.36. The summed E-state index contributed by atoms with van der Waals surface area (Å²) in [7, 11) is 0. The maximum Gasteiger partial charge on any atom is 0.0338 e. The SMILES string of the molecule is Brc1ccc(-c2ccc(Br)cc2-c2ccccc2)c(C#Cc2ccccc2)c1. The summed E-state index contributed by atoms with van der Waals surface area (Å²) in [6.45, 7) is 0. The molecule has 0 radical (unpaired) electrons. The minimum absolute atomic E-state index is 0.998. The lowest BCUT2D eigenvalue weighted by Crippen LogP contribution is -1.90. The van der Waals surface area contributed by atoms with Gasteiger partial charge in [0, 0.05) is 20.1 Å². The van der Waals surface area contributed by atoms with Crippen LogP contribution in [0.4, 0.5) is 0 Å². The molecule has 4 aromatic carbocycles. The van der Waals surface area contributed by atoms with Crippen LogP contribution in [0.2, 0.25) is 0 Å². The standard InChI is InChI=1S/C26H16Br2/c27-22-13-15-24(21(17-22)12-11-19-7-3-1-4-8-19)25-16-14-23(28)18-26(25)20-9-5-2-6-10-20/h1-10,13-18H. The summed E-state index contributed by atoms with van der Waals surface area (Å²) in [5.74, 6) is 6.66. The van der Waals surface area contributed by atoms with Crippen LogP contribution in [0, 0.1) is 11.8 Å². The number of hydrogen-bond acceptors (Lipinski definition) is 0. The summed E-state index contributed by atoms with van der Waals surface area (Å²) in [5, 5.41) is 0. The van der Waals surface area contributed by atoms with Crippen LogP contribution in [0.25, 0.3) is 22.3 Å². The summed E-state index contributed by atoms with van der Waals surface area (Å²) >= 11 is 7.22. The summed E-state index contributed by atoms with van der Waals surface area (Å²) in [4.78, 5) is 0. The number of rotatable bonds is 2. The fraction of sp³-hybridized carbons (Fsp3) is 0. The van der Waals surface area contributed by atoms with Crippen molar-refractivity contribution in [2.75, 3.05) is 0 Å². The van der Waals surface area contributed by atoms with Gasteiger partial charge in [-0.1, -0.05) is 104 Å². The van der Waals surface area contributed by atoms with Crippen molar-refractivity contribution in [2.24, 2.45) is 0 Å². The van der Waals surface area contributed by atoms with Gasteiger partial charge < -0.3 is 0 Å². The first-order valence-corrected chi connectivity index (χ1v) is 10.5. The molecule has 0 nitrogen and oxygen atoms in total. The van der Waals surface area contributed by atoms with E-state index in [0.717, 1.165) is 25.6 Å². The second-order valence-corrected chi connectivity index (χ2v) is 8.19. The highest BCUT2D eigenvalue weighted by Gasteiger charge is 2.11. The molecule has 0 heterocycles. The Bertz CT molecular complexity index is 1170. The van der Waals surface area contributed by atoms with Crippen LogP contribution in [0.15, 0.2) is 106 Å². The third-order valence-corrected chi connectivity index (χ3v) is 5.44. The van der Waals surface area contributed by atoms with Crippen LogP contribution >= 0.6 is 31.9 Å². The van der Waals surface area contributed by atoms with Gasteiger partial charge in [0.05, 0.1) is 0 Å². The first-order chi connectivity index (χ1) is 13.7. The molecule has 0 spiro atoms. The van der Waals surface area contributed by atoms with Crippen molar-refractivity contribution in [2.45, 2.75) is 0 Å². The number of benzene rings is 4. The van der Waals surface area contributed by atoms with E-state index in [1.807, 2.05) is 36.4 Å². The Morgan fingerprint density at radius 3 is 1.82 bits per heavy atom. The molecule has 0 atom stereocenters. The Balaban J connectivity index is 1.89. The van der Waals surface area contributed by atoms with Crippen LogP contribution < -0.4 is 0 Å². The molecular weight excluding hydrogens is 472 g/mol. The van der Waals surface area contributed by atoms with E-state index in [-0.39, 0.29) is 0 Å². The van der Waals surface area contributed by atoms with Gasteiger partial charge in [-0.25, -0.2) is 0 Å². The van der Waals surface area contributed by atoms with Crippen LogP contribution in [-0.4, -0.2) is 0 Å². The predicted molar refractivity (Wildman–Crippen MR) is 125 cm³/mol. The summed E-state index contributed by atoms with van der Waals surface area (Å²) < 4.78 is 2.08. The van der Waals surface area contributed by atoms with Crippen molar-refractivity contribution in [1.82, 2.24) is 0 Å². The largest absolute Gasteiger partial charge is 0.0622 e. The Morgan fingerprint density at radius 1 is 0.500 bits per heavy atom. The van der Waals surface area contributed by atoms with E-state index >= 15 is 0 Å². The molecule has 0 saturated heterocycles. The minimum atomic E-state index is 0.998. The number of halogens is 2. The van der Waals surface area contributed by atoms with Crippen molar-refractivity contribution in [3.05, 3.63) is 117 Å². The molecule has 0 aromatic heterocycles. The second kappa shape index (κ2) is 8.61. The van der Waals surface area contributed by atoms with Crippen molar-refractivity contribution in [3.63, 3.8) is 0 Å². The fourth-order valence-corrected chi connectivity index (χ4v) is 3.85. The van der Waals surface area contributed by atoms with E-state index in [4.69, 9.17) is 0 Å². The van der Waals surface area contributed by atoms with Gasteiger partial charge in [0.1, 0.15) is 0 Å². The van der Waals surface area contributed by atoms with Gasteiger partial charge >= 0.3 is 0 Å². The van der Waals surface area contributed by atoms with E-state index < -0.39 is 0 Å². The molecule has 4 rings (SSSR count). The summed E-state index contributed by atoms with van der Waals surface area (Å²) in [5.41, 5.74) is 6.66. The van der Waals surface area contributed by atoms with Crippen LogP contribution in [0.1, 0.15) is 11.1 Å². The van der Waals surface area contributed by atoms with Gasteiger partial charge in [-0.3, -0.25) is 0 Å². The zero-order chi connectivity index (χ0) is 19.3. The molecular formula is C26H16Br2. The summed E-state index contributed by atoms with van der Waals surface area (Å²) in [6, 6.07) is 33.2. The predicted octanol–water partition coefficient (Wildman–Crippen LogP) is 7.95. The molecule has 0 bridgehead atoms. The van der Waals surface area contributed by atoms with Gasteiger partial charge in [-0.15, -0.1) is 0 Å². The number of hydrogen-bond donors (Lipinski definition) is 0. The third-order valence-electron chi connectivity index (χ3n) is 4.45. The Morgan fingerprint density at radius 2 is 1.11 bits per heavy atom. The average Bonchev–Trinajstić information content (AvgIpc) is 2.74. The molecule has 28 heavy (non-hydrogen) atoms. The molecule has 0 fully saturated rings. The normalized spacial score (nSPS) is 10.2. The van der Waals surface area contributed by atoms with Crippen molar-refractivity contribution < 1.29 is 0 Å². The molecule has 0 unspecified atom stereocenters. The van der Waals surface area contributed by atoms with Gasteiger partial charge in [0.2, 0.25) is 0 Å². The van der Waals surface area contributed by atoms with Gasteiger partial charge in [-0.05, 0) is 58.7 Å². The summed E-state index contributed by atoms with van der Waals surface area (Å²) in [6.07, 6.45) is 0. The molecule has 0 N–H and O–H groups in total. The molecule has 134 valence electrons. The lowest BCUT2D eigenvalue weighted by atomic mass is 9.92. The third kappa shape index (κ3) is 4.28. The van der Waals surface area contributed by atoms with Gasteiger partial charge in [0.25, 0.3) is 0 Å². The van der Waals surface area contributed by atoms with E-state index in [9.17, 15) is 0 Å². The molecule has 2 heteroatoms. The van der Waals surface area contributed by atoms with Crippen LogP contribution in [-0.2, 0) is 0 Å². The quantitative estimate of drug-likeness (QED) is 0.251. The zero-order valence-electron chi connectivity index (χ0n) is 15.0. The molecule has 0 aliphatic rings. The van der Waals surface area contributed by atoms with Crippen LogP contribution in [0.3, 0.4) is 0 Å². The molecule has 0 aliphatic carbocycles. The highest BCUT2D eigenvalue weighted by atomic mass is 79.9. The monoisotopic (exact) mass is 486 g/mol. The minimum Gasteiger partial charge on any atom is -0.0622 e. The lowest BCUT2D eigenvalue weighted by Gasteiger charge is -2.13. The van der Waals surface area contributed by atoms with Gasteiger partial charge in [0.15, 0.2) is 0 Å². The van der Waals surface area contributed by atoms with E-state index in [1.54, 1.807) is 0 Å². The fourth-order valence-electron chi connectivity index (χ4n) is 3.12.